The summed E-state index contributed by atoms with van der Waals surface area (Å²) in [6, 6.07) is 0.661. The lowest BCUT2D eigenvalue weighted by Gasteiger charge is -2.18. The van der Waals surface area contributed by atoms with Crippen molar-refractivity contribution in [1.29, 1.82) is 0 Å². The van der Waals surface area contributed by atoms with E-state index in [1.807, 2.05) is 6.92 Å². The first kappa shape index (κ1) is 16.5. The molecule has 0 saturated heterocycles. The highest BCUT2D eigenvalue weighted by Crippen LogP contribution is 2.31. The van der Waals surface area contributed by atoms with Gasteiger partial charge in [-0.05, 0) is 25.8 Å². The van der Waals surface area contributed by atoms with Crippen molar-refractivity contribution < 1.29 is 8.42 Å². The third-order valence-corrected chi connectivity index (χ3v) is 5.58. The van der Waals surface area contributed by atoms with Crippen molar-refractivity contribution in [3.8, 4) is 0 Å². The van der Waals surface area contributed by atoms with Crippen LogP contribution >= 0.6 is 0 Å². The molecule has 21 heavy (non-hydrogen) atoms. The zero-order valence-electron chi connectivity index (χ0n) is 13.1. The molecule has 120 valence electrons. The summed E-state index contributed by atoms with van der Waals surface area (Å²) in [4.78, 5) is 0.313. The number of aromatic nitrogens is 2. The second kappa shape index (κ2) is 6.89. The molecule has 0 aliphatic heterocycles. The summed E-state index contributed by atoms with van der Waals surface area (Å²) in [5, 5.41) is 7.51. The number of aryl methyl sites for hydroxylation is 1. The van der Waals surface area contributed by atoms with Crippen LogP contribution in [0.2, 0.25) is 0 Å². The van der Waals surface area contributed by atoms with Gasteiger partial charge in [-0.2, -0.15) is 9.40 Å². The van der Waals surface area contributed by atoms with Crippen LogP contribution in [0, 0.1) is 0 Å². The number of hydrogen-bond donors (Lipinski definition) is 1. The topological polar surface area (TPSA) is 67.2 Å². The molecule has 2 rings (SSSR count). The molecular formula is C14H26N4O2S. The highest BCUT2D eigenvalue weighted by molar-refractivity contribution is 7.89. The fourth-order valence-electron chi connectivity index (χ4n) is 2.35. The van der Waals surface area contributed by atoms with Gasteiger partial charge in [-0.1, -0.05) is 20.8 Å². The maximum atomic E-state index is 12.5. The van der Waals surface area contributed by atoms with E-state index in [-0.39, 0.29) is 6.04 Å². The average Bonchev–Trinajstić information content (AvgIpc) is 3.12. The first-order valence-corrected chi connectivity index (χ1v) is 9.17. The van der Waals surface area contributed by atoms with E-state index in [9.17, 15) is 8.42 Å². The lowest BCUT2D eigenvalue weighted by molar-refractivity contribution is 0.421. The Morgan fingerprint density at radius 2 is 2.19 bits per heavy atom. The summed E-state index contributed by atoms with van der Waals surface area (Å²) < 4.78 is 28.4. The van der Waals surface area contributed by atoms with E-state index in [1.54, 1.807) is 15.2 Å². The number of nitrogens with one attached hydrogen (secondary N) is 1. The van der Waals surface area contributed by atoms with Crippen LogP contribution in [-0.2, 0) is 16.6 Å². The second-order valence-corrected chi connectivity index (χ2v) is 7.73. The van der Waals surface area contributed by atoms with E-state index in [2.05, 4.69) is 24.3 Å². The molecule has 0 radical (unpaired) electrons. The van der Waals surface area contributed by atoms with Crippen molar-refractivity contribution in [2.75, 3.05) is 13.1 Å². The van der Waals surface area contributed by atoms with Crippen molar-refractivity contribution in [2.24, 2.45) is 0 Å². The Morgan fingerprint density at radius 1 is 1.48 bits per heavy atom. The van der Waals surface area contributed by atoms with Crippen LogP contribution < -0.4 is 5.32 Å². The zero-order chi connectivity index (χ0) is 15.5. The molecule has 1 aliphatic rings. The summed E-state index contributed by atoms with van der Waals surface area (Å²) in [6.07, 6.45) is 6.00. The van der Waals surface area contributed by atoms with E-state index in [0.717, 1.165) is 32.4 Å². The Labute approximate surface area is 127 Å². The van der Waals surface area contributed by atoms with Crippen molar-refractivity contribution in [3.05, 3.63) is 12.4 Å². The molecule has 0 bridgehead atoms. The monoisotopic (exact) mass is 314 g/mol. The van der Waals surface area contributed by atoms with Crippen molar-refractivity contribution in [1.82, 2.24) is 19.4 Å². The van der Waals surface area contributed by atoms with Crippen LogP contribution in [0.5, 0.6) is 0 Å². The smallest absolute Gasteiger partial charge is 0.246 e. The fourth-order valence-corrected chi connectivity index (χ4v) is 4.00. The molecule has 0 amide bonds. The lowest BCUT2D eigenvalue weighted by atomic mass is 10.3. The minimum absolute atomic E-state index is 0.193. The number of rotatable bonds is 9. The fraction of sp³-hybridized carbons (Fsp3) is 0.786. The van der Waals surface area contributed by atoms with Gasteiger partial charge in [-0.15, -0.1) is 0 Å². The summed E-state index contributed by atoms with van der Waals surface area (Å²) in [7, 11) is -3.38. The van der Waals surface area contributed by atoms with Gasteiger partial charge in [0, 0.05) is 31.4 Å². The summed E-state index contributed by atoms with van der Waals surface area (Å²) >= 11 is 0. The lowest BCUT2D eigenvalue weighted by Crippen LogP contribution is -2.32. The zero-order valence-corrected chi connectivity index (χ0v) is 13.9. The minimum atomic E-state index is -3.38. The number of hydrogen-bond acceptors (Lipinski definition) is 4. The molecule has 1 aromatic heterocycles. The third-order valence-electron chi connectivity index (χ3n) is 3.60. The van der Waals surface area contributed by atoms with Gasteiger partial charge in [0.2, 0.25) is 10.0 Å². The summed E-state index contributed by atoms with van der Waals surface area (Å²) in [5.41, 5.74) is 0. The quantitative estimate of drug-likeness (QED) is 0.701. The predicted molar refractivity (Wildman–Crippen MR) is 82.6 cm³/mol. The van der Waals surface area contributed by atoms with Crippen LogP contribution in [0.4, 0.5) is 0 Å². The number of nitrogens with zero attached hydrogens (tertiary/aromatic N) is 3. The average molecular weight is 314 g/mol. The van der Waals surface area contributed by atoms with E-state index in [1.165, 1.54) is 6.20 Å². The van der Waals surface area contributed by atoms with Crippen LogP contribution in [0.25, 0.3) is 0 Å². The normalized spacial score (nSPS) is 16.0. The summed E-state index contributed by atoms with van der Waals surface area (Å²) in [6.45, 7) is 8.26. The van der Waals surface area contributed by atoms with Gasteiger partial charge in [0.15, 0.2) is 0 Å². The van der Waals surface area contributed by atoms with E-state index < -0.39 is 10.0 Å². The van der Waals surface area contributed by atoms with Gasteiger partial charge in [-0.25, -0.2) is 8.42 Å². The van der Waals surface area contributed by atoms with Gasteiger partial charge >= 0.3 is 0 Å². The van der Waals surface area contributed by atoms with Crippen molar-refractivity contribution in [3.63, 3.8) is 0 Å². The molecule has 1 heterocycles. The van der Waals surface area contributed by atoms with E-state index in [4.69, 9.17) is 0 Å². The van der Waals surface area contributed by atoms with Gasteiger partial charge in [0.05, 0.1) is 6.20 Å². The maximum Gasteiger partial charge on any atom is 0.246 e. The molecule has 0 spiro atoms. The molecule has 7 heteroatoms. The highest BCUT2D eigenvalue weighted by Gasteiger charge is 2.37. The summed E-state index contributed by atoms with van der Waals surface area (Å²) in [5.74, 6) is 0. The molecular weight excluding hydrogens is 288 g/mol. The Balaban J connectivity index is 1.95. The Kier molecular flexibility index (Phi) is 5.40. The van der Waals surface area contributed by atoms with E-state index in [0.29, 0.717) is 17.5 Å². The Bertz CT molecular complexity index is 549. The van der Waals surface area contributed by atoms with Gasteiger partial charge in [0.25, 0.3) is 0 Å². The molecule has 0 atom stereocenters. The van der Waals surface area contributed by atoms with Gasteiger partial charge in [0.1, 0.15) is 4.90 Å². The van der Waals surface area contributed by atoms with Crippen LogP contribution in [0.15, 0.2) is 17.3 Å². The van der Waals surface area contributed by atoms with Crippen LogP contribution in [-0.4, -0.2) is 47.7 Å². The van der Waals surface area contributed by atoms with Gasteiger partial charge < -0.3 is 5.32 Å². The molecule has 1 aliphatic carbocycles. The van der Waals surface area contributed by atoms with Gasteiger partial charge in [-0.3, -0.25) is 4.68 Å². The Hall–Kier alpha value is -0.920. The second-order valence-electron chi connectivity index (χ2n) is 5.84. The standard InChI is InChI=1S/C14H26N4O2S/c1-4-18(13-6-7-13)21(19,20)14-10-16-17(11-14)9-5-8-15-12(2)3/h10-13,15H,4-9H2,1-3H3. The predicted octanol–water partition coefficient (Wildman–Crippen LogP) is 1.44. The molecule has 1 fully saturated rings. The Morgan fingerprint density at radius 3 is 2.76 bits per heavy atom. The SMILES string of the molecule is CCN(C1CC1)S(=O)(=O)c1cnn(CCCNC(C)C)c1. The van der Waals surface area contributed by atoms with Crippen LogP contribution in [0.3, 0.4) is 0 Å². The third kappa shape index (κ3) is 4.28. The van der Waals surface area contributed by atoms with Crippen molar-refractivity contribution >= 4 is 10.0 Å². The maximum absolute atomic E-state index is 12.5. The molecule has 0 unspecified atom stereocenters. The first-order valence-electron chi connectivity index (χ1n) is 7.72. The number of sulfonamides is 1. The molecule has 0 aromatic carbocycles. The molecule has 1 aromatic rings. The molecule has 1 N–H and O–H groups in total. The van der Waals surface area contributed by atoms with Crippen molar-refractivity contribution in [2.45, 2.75) is 63.6 Å². The molecule has 6 nitrogen and oxygen atoms in total. The largest absolute Gasteiger partial charge is 0.314 e. The molecule has 1 saturated carbocycles. The minimum Gasteiger partial charge on any atom is -0.314 e. The highest BCUT2D eigenvalue weighted by atomic mass is 32.2. The first-order chi connectivity index (χ1) is 9.95. The van der Waals surface area contributed by atoms with E-state index >= 15 is 0 Å². The van der Waals surface area contributed by atoms with Crippen LogP contribution in [0.1, 0.15) is 40.0 Å².